The first-order valence-corrected chi connectivity index (χ1v) is 19.2. The predicted octanol–water partition coefficient (Wildman–Crippen LogP) is 5.56. The molecule has 15 nitrogen and oxygen atoms in total. The fourth-order valence-electron chi connectivity index (χ4n) is 7.75. The molecule has 0 unspecified atom stereocenters. The van der Waals surface area contributed by atoms with E-state index in [0.29, 0.717) is 31.1 Å². The summed E-state index contributed by atoms with van der Waals surface area (Å²) in [5, 5.41) is 6.25. The number of alkyl carbamates (subject to hydrolysis) is 1. The van der Waals surface area contributed by atoms with Crippen molar-refractivity contribution in [1.82, 2.24) is 50.3 Å². The summed E-state index contributed by atoms with van der Waals surface area (Å²) < 4.78 is 4.75. The Morgan fingerprint density at radius 2 is 1.46 bits per heavy atom. The molecule has 2 saturated heterocycles. The lowest BCUT2D eigenvalue weighted by molar-refractivity contribution is -0.137. The molecule has 4 N–H and O–H groups in total. The third-order valence-corrected chi connectivity index (χ3v) is 10.8. The molecule has 2 fully saturated rings. The normalized spacial score (nSPS) is 18.1. The quantitative estimate of drug-likeness (QED) is 0.118. The minimum atomic E-state index is -0.695. The molecule has 2 aliphatic rings. The SMILES string of the molecule is COC(=O)N[C@H](C(=O)N1CCC[C@H]1c1ncc(-c2ccc(-c3ncc4cc(-c5c[nH]c([C@@H]6CCCN6C(=O)[C@@H](NC=O)C(C)C)n5)ccc4n3)cc2)[nH]1)C(C)C. The second-order valence-electron chi connectivity index (χ2n) is 15.1. The van der Waals surface area contributed by atoms with Gasteiger partial charge in [0.25, 0.3) is 0 Å². The van der Waals surface area contributed by atoms with Gasteiger partial charge in [0.05, 0.1) is 42.3 Å². The number of rotatable bonds is 12. The molecule has 0 spiro atoms. The van der Waals surface area contributed by atoms with Gasteiger partial charge in [-0.05, 0) is 55.2 Å². The topological polar surface area (TPSA) is 191 Å². The van der Waals surface area contributed by atoms with Crippen LogP contribution in [0.15, 0.2) is 61.1 Å². The summed E-state index contributed by atoms with van der Waals surface area (Å²) in [6.45, 7) is 8.84. The van der Waals surface area contributed by atoms with Crippen molar-refractivity contribution in [2.75, 3.05) is 20.2 Å². The van der Waals surface area contributed by atoms with E-state index in [-0.39, 0.29) is 35.7 Å². The van der Waals surface area contributed by atoms with Crippen LogP contribution in [0, 0.1) is 11.8 Å². The van der Waals surface area contributed by atoms with E-state index in [0.717, 1.165) is 70.5 Å². The highest BCUT2D eigenvalue weighted by atomic mass is 16.5. The summed E-state index contributed by atoms with van der Waals surface area (Å²) in [5.74, 6) is 1.64. The number of fused-ring (bicyclic) bond motifs is 1. The van der Waals surface area contributed by atoms with Crippen LogP contribution < -0.4 is 10.6 Å². The number of nitrogens with one attached hydrogen (secondary N) is 4. The number of likely N-dealkylation sites (tertiary alicyclic amines) is 2. The number of methoxy groups -OCH3 is 1. The molecule has 5 heterocycles. The Labute approximate surface area is 325 Å². The van der Waals surface area contributed by atoms with Gasteiger partial charge in [-0.2, -0.15) is 0 Å². The summed E-state index contributed by atoms with van der Waals surface area (Å²) in [5.41, 5.74) is 5.08. The highest BCUT2D eigenvalue weighted by Crippen LogP contribution is 2.35. The van der Waals surface area contributed by atoms with Crippen molar-refractivity contribution in [2.24, 2.45) is 11.8 Å². The molecule has 0 radical (unpaired) electrons. The predicted molar refractivity (Wildman–Crippen MR) is 210 cm³/mol. The molecule has 0 bridgehead atoms. The van der Waals surface area contributed by atoms with Gasteiger partial charge in [0.1, 0.15) is 23.7 Å². The molecule has 7 rings (SSSR count). The number of H-pyrrole nitrogens is 2. The Balaban J connectivity index is 1.03. The number of amides is 4. The van der Waals surface area contributed by atoms with Crippen LogP contribution in [0.25, 0.3) is 44.8 Å². The summed E-state index contributed by atoms with van der Waals surface area (Å²) in [4.78, 5) is 79.4. The van der Waals surface area contributed by atoms with Crippen LogP contribution in [-0.4, -0.2) is 96.3 Å². The van der Waals surface area contributed by atoms with Gasteiger partial charge in [-0.15, -0.1) is 0 Å². The lowest BCUT2D eigenvalue weighted by Gasteiger charge is -2.30. The molecule has 292 valence electrons. The first kappa shape index (κ1) is 38.2. The maximum Gasteiger partial charge on any atom is 0.407 e. The number of carbonyl (C=O) groups excluding carboxylic acids is 4. The van der Waals surface area contributed by atoms with Gasteiger partial charge in [0, 0.05) is 42.0 Å². The summed E-state index contributed by atoms with van der Waals surface area (Å²) in [7, 11) is 1.29. The van der Waals surface area contributed by atoms with E-state index >= 15 is 0 Å². The fourth-order valence-corrected chi connectivity index (χ4v) is 7.75. The number of benzene rings is 2. The lowest BCUT2D eigenvalue weighted by Crippen LogP contribution is -2.51. The molecule has 2 aliphatic heterocycles. The Bertz CT molecular complexity index is 2210. The number of aromatic amines is 2. The first-order valence-electron chi connectivity index (χ1n) is 19.2. The van der Waals surface area contributed by atoms with Crippen LogP contribution in [0.3, 0.4) is 0 Å². The molecule has 0 saturated carbocycles. The van der Waals surface area contributed by atoms with Crippen LogP contribution in [-0.2, 0) is 19.1 Å². The molecular formula is C41H48N10O5. The van der Waals surface area contributed by atoms with E-state index in [2.05, 4.69) is 30.6 Å². The van der Waals surface area contributed by atoms with Gasteiger partial charge in [-0.3, -0.25) is 14.4 Å². The van der Waals surface area contributed by atoms with Crippen molar-refractivity contribution < 1.29 is 23.9 Å². The van der Waals surface area contributed by atoms with Crippen molar-refractivity contribution >= 4 is 35.2 Å². The van der Waals surface area contributed by atoms with Gasteiger partial charge >= 0.3 is 6.09 Å². The van der Waals surface area contributed by atoms with Gasteiger partial charge in [0.15, 0.2) is 5.82 Å². The second-order valence-corrected chi connectivity index (χ2v) is 15.1. The van der Waals surface area contributed by atoms with Crippen LogP contribution in [0.2, 0.25) is 0 Å². The van der Waals surface area contributed by atoms with Crippen LogP contribution >= 0.6 is 0 Å². The maximum absolute atomic E-state index is 13.5. The van der Waals surface area contributed by atoms with Crippen LogP contribution in [0.5, 0.6) is 0 Å². The highest BCUT2D eigenvalue weighted by Gasteiger charge is 2.38. The summed E-state index contributed by atoms with van der Waals surface area (Å²) in [6.07, 6.45) is 8.68. The van der Waals surface area contributed by atoms with E-state index in [9.17, 15) is 19.2 Å². The fraction of sp³-hybridized carbons (Fsp3) is 0.415. The maximum atomic E-state index is 13.5. The van der Waals surface area contributed by atoms with Gasteiger partial charge < -0.3 is 35.1 Å². The smallest absolute Gasteiger partial charge is 0.407 e. The largest absolute Gasteiger partial charge is 0.453 e. The average Bonchev–Trinajstić information content (AvgIpc) is 4.05. The molecule has 15 heteroatoms. The van der Waals surface area contributed by atoms with Crippen molar-refractivity contribution in [3.63, 3.8) is 0 Å². The van der Waals surface area contributed by atoms with Crippen molar-refractivity contribution in [3.8, 4) is 33.9 Å². The number of imidazole rings is 2. The van der Waals surface area contributed by atoms with Gasteiger partial charge in [0.2, 0.25) is 18.2 Å². The number of hydrogen-bond acceptors (Lipinski definition) is 9. The van der Waals surface area contributed by atoms with Gasteiger partial charge in [-0.1, -0.05) is 58.0 Å². The third-order valence-electron chi connectivity index (χ3n) is 10.8. The number of carbonyl (C=O) groups is 4. The van der Waals surface area contributed by atoms with Crippen LogP contribution in [0.1, 0.15) is 77.1 Å². The summed E-state index contributed by atoms with van der Waals surface area (Å²) in [6, 6.07) is 12.2. The number of aromatic nitrogens is 6. The standard InChI is InChI=1S/C41H48N10O5/c1-23(2)34(45-22-52)39(53)50-16-6-8-32(50)38-44-21-31(48-38)27-14-15-29-28(18-27)19-42-36(46-29)26-12-10-25(11-13-26)30-20-43-37(47-30)33-9-7-17-51(33)40(54)35(24(3)4)49-41(55)56-5/h10-15,18-24,32-35H,6-9,16-17H2,1-5H3,(H,43,47)(H,44,48)(H,45,52)(H,49,55)/t32-,33-,34-,35-/m0/s1. The second kappa shape index (κ2) is 16.3. The average molecular weight is 761 g/mol. The van der Waals surface area contributed by atoms with E-state index < -0.39 is 18.2 Å². The Morgan fingerprint density at radius 3 is 2.12 bits per heavy atom. The molecule has 2 aromatic carbocycles. The molecule has 5 aromatic rings. The lowest BCUT2D eigenvalue weighted by atomic mass is 10.0. The van der Waals surface area contributed by atoms with Gasteiger partial charge in [-0.25, -0.2) is 24.7 Å². The van der Waals surface area contributed by atoms with Crippen molar-refractivity contribution in [3.05, 3.63) is 72.7 Å². The first-order chi connectivity index (χ1) is 27.1. The molecular weight excluding hydrogens is 713 g/mol. The Kier molecular flexibility index (Phi) is 11.1. The molecule has 4 amide bonds. The molecule has 56 heavy (non-hydrogen) atoms. The highest BCUT2D eigenvalue weighted by molar-refractivity contribution is 5.87. The minimum Gasteiger partial charge on any atom is -0.453 e. The molecule has 0 aliphatic carbocycles. The van der Waals surface area contributed by atoms with Crippen LogP contribution in [0.4, 0.5) is 4.79 Å². The van der Waals surface area contributed by atoms with Crippen molar-refractivity contribution in [1.29, 1.82) is 0 Å². The zero-order valence-corrected chi connectivity index (χ0v) is 32.3. The van der Waals surface area contributed by atoms with Crippen molar-refractivity contribution in [2.45, 2.75) is 77.5 Å². The number of nitrogens with zero attached hydrogens (tertiary/aromatic N) is 6. The van der Waals surface area contributed by atoms with E-state index in [1.54, 1.807) is 11.1 Å². The molecule has 3 aromatic heterocycles. The third kappa shape index (κ3) is 7.70. The summed E-state index contributed by atoms with van der Waals surface area (Å²) >= 11 is 0. The zero-order chi connectivity index (χ0) is 39.5. The number of hydrogen-bond donors (Lipinski definition) is 4. The minimum absolute atomic E-state index is 0.0325. The Hall–Kier alpha value is -6.12. The van der Waals surface area contributed by atoms with E-state index in [1.807, 2.05) is 87.5 Å². The monoisotopic (exact) mass is 760 g/mol. The Morgan fingerprint density at radius 1 is 0.821 bits per heavy atom. The zero-order valence-electron chi connectivity index (χ0n) is 32.3. The number of ether oxygens (including phenoxy) is 1. The van der Waals surface area contributed by atoms with E-state index in [4.69, 9.17) is 14.7 Å². The van der Waals surface area contributed by atoms with E-state index in [1.165, 1.54) is 7.11 Å². The molecule has 4 atom stereocenters.